The molecule has 0 radical (unpaired) electrons. The number of nitrogens with one attached hydrogen (secondary N) is 1. The molecule has 29 heavy (non-hydrogen) atoms. The number of thiophene rings is 1. The average Bonchev–Trinajstić information content (AvgIpc) is 3.27. The molecule has 0 aliphatic heterocycles. The molecule has 0 spiro atoms. The average molecular weight is 410 g/mol. The van der Waals surface area contributed by atoms with Gasteiger partial charge in [-0.05, 0) is 37.7 Å². The van der Waals surface area contributed by atoms with E-state index in [9.17, 15) is 9.59 Å². The summed E-state index contributed by atoms with van der Waals surface area (Å²) in [4.78, 5) is 26.8. The van der Waals surface area contributed by atoms with Gasteiger partial charge >= 0.3 is 5.97 Å². The van der Waals surface area contributed by atoms with Crippen molar-refractivity contribution in [2.45, 2.75) is 33.1 Å². The molecule has 0 bridgehead atoms. The van der Waals surface area contributed by atoms with Crippen LogP contribution in [0.2, 0.25) is 0 Å². The van der Waals surface area contributed by atoms with Crippen molar-refractivity contribution in [1.29, 1.82) is 0 Å². The van der Waals surface area contributed by atoms with Crippen LogP contribution in [-0.4, -0.2) is 24.1 Å². The highest BCUT2D eigenvalue weighted by Gasteiger charge is 2.30. The maximum atomic E-state index is 13.2. The molecule has 150 valence electrons. The fraction of sp³-hybridized carbons (Fsp3) is 0.318. The van der Waals surface area contributed by atoms with E-state index in [4.69, 9.17) is 9.26 Å². The van der Waals surface area contributed by atoms with E-state index in [0.29, 0.717) is 33.5 Å². The van der Waals surface area contributed by atoms with Gasteiger partial charge in [0, 0.05) is 10.4 Å². The van der Waals surface area contributed by atoms with Gasteiger partial charge in [-0.15, -0.1) is 11.3 Å². The highest BCUT2D eigenvalue weighted by molar-refractivity contribution is 7.17. The number of hydrogen-bond acceptors (Lipinski definition) is 6. The minimum Gasteiger partial charge on any atom is -0.465 e. The van der Waals surface area contributed by atoms with Gasteiger partial charge in [0.2, 0.25) is 0 Å². The Labute approximate surface area is 172 Å². The van der Waals surface area contributed by atoms with Crippen LogP contribution < -0.4 is 5.32 Å². The van der Waals surface area contributed by atoms with Gasteiger partial charge in [-0.25, -0.2) is 4.79 Å². The molecule has 3 aromatic rings. The van der Waals surface area contributed by atoms with Crippen LogP contribution >= 0.6 is 11.3 Å². The molecule has 7 heteroatoms. The highest BCUT2D eigenvalue weighted by atomic mass is 32.1. The zero-order valence-corrected chi connectivity index (χ0v) is 17.4. The standard InChI is InChI=1S/C22H22N2O4S/c1-12-9-10-15-16(11-12)29-21(18(15)22(26)27-3)23-20(25)17-13(2)28-24-19(17)14-7-5-4-6-8-14/h4-8,12H,9-11H2,1-3H3,(H,23,25). The minimum atomic E-state index is -0.419. The Morgan fingerprint density at radius 3 is 2.72 bits per heavy atom. The van der Waals surface area contributed by atoms with E-state index in [2.05, 4.69) is 17.4 Å². The summed E-state index contributed by atoms with van der Waals surface area (Å²) in [6, 6.07) is 9.41. The number of benzene rings is 1. The van der Waals surface area contributed by atoms with Gasteiger partial charge in [0.25, 0.3) is 5.91 Å². The SMILES string of the molecule is COC(=O)c1c(NC(=O)c2c(-c3ccccc3)noc2C)sc2c1CCC(C)C2. The third-order valence-corrected chi connectivity index (χ3v) is 6.44. The molecule has 1 unspecified atom stereocenters. The Morgan fingerprint density at radius 1 is 1.24 bits per heavy atom. The largest absolute Gasteiger partial charge is 0.465 e. The first-order valence-electron chi connectivity index (χ1n) is 9.55. The molecule has 0 fully saturated rings. The van der Waals surface area contributed by atoms with Gasteiger partial charge in [-0.3, -0.25) is 4.79 Å². The van der Waals surface area contributed by atoms with Crippen molar-refractivity contribution in [3.8, 4) is 11.3 Å². The maximum Gasteiger partial charge on any atom is 0.341 e. The number of aryl methyl sites for hydroxylation is 1. The molecule has 0 saturated heterocycles. The zero-order valence-electron chi connectivity index (χ0n) is 16.6. The molecule has 0 saturated carbocycles. The molecule has 4 rings (SSSR count). The van der Waals surface area contributed by atoms with E-state index >= 15 is 0 Å². The number of aromatic nitrogens is 1. The lowest BCUT2D eigenvalue weighted by Crippen LogP contribution is -2.16. The Morgan fingerprint density at radius 2 is 2.00 bits per heavy atom. The summed E-state index contributed by atoms with van der Waals surface area (Å²) < 4.78 is 10.3. The Kier molecular flexibility index (Phi) is 5.24. The molecular formula is C22H22N2O4S. The number of fused-ring (bicyclic) bond motifs is 1. The molecule has 6 nitrogen and oxygen atoms in total. The topological polar surface area (TPSA) is 81.4 Å². The maximum absolute atomic E-state index is 13.2. The van der Waals surface area contributed by atoms with Crippen molar-refractivity contribution in [3.05, 3.63) is 57.7 Å². The van der Waals surface area contributed by atoms with E-state index in [0.717, 1.165) is 35.3 Å². The molecule has 1 aliphatic rings. The summed E-state index contributed by atoms with van der Waals surface area (Å²) in [5.74, 6) is 0.216. The quantitative estimate of drug-likeness (QED) is 0.620. The third-order valence-electron chi connectivity index (χ3n) is 5.27. The van der Waals surface area contributed by atoms with Crippen LogP contribution in [-0.2, 0) is 17.6 Å². The van der Waals surface area contributed by atoms with Gasteiger partial charge in [0.05, 0.1) is 12.7 Å². The molecule has 2 aromatic heterocycles. The van der Waals surface area contributed by atoms with E-state index < -0.39 is 5.97 Å². The van der Waals surface area contributed by atoms with Crippen molar-refractivity contribution in [1.82, 2.24) is 5.16 Å². The Balaban J connectivity index is 1.72. The second-order valence-corrected chi connectivity index (χ2v) is 8.44. The van der Waals surface area contributed by atoms with Crippen LogP contribution in [0.5, 0.6) is 0 Å². The monoisotopic (exact) mass is 410 g/mol. The van der Waals surface area contributed by atoms with Crippen LogP contribution in [0.3, 0.4) is 0 Å². The van der Waals surface area contributed by atoms with Crippen LogP contribution in [0.15, 0.2) is 34.9 Å². The normalized spacial score (nSPS) is 15.6. The number of ether oxygens (including phenoxy) is 1. The summed E-state index contributed by atoms with van der Waals surface area (Å²) in [5.41, 5.74) is 3.12. The minimum absolute atomic E-state index is 0.348. The van der Waals surface area contributed by atoms with Crippen LogP contribution in [0, 0.1) is 12.8 Å². The summed E-state index contributed by atoms with van der Waals surface area (Å²) >= 11 is 1.46. The second-order valence-electron chi connectivity index (χ2n) is 7.33. The fourth-order valence-corrected chi connectivity index (χ4v) is 5.15. The number of rotatable bonds is 4. The number of carbonyl (C=O) groups is 2. The molecule has 1 aromatic carbocycles. The van der Waals surface area contributed by atoms with Gasteiger partial charge in [0.15, 0.2) is 0 Å². The van der Waals surface area contributed by atoms with Crippen molar-refractivity contribution in [2.24, 2.45) is 5.92 Å². The molecular weight excluding hydrogens is 388 g/mol. The van der Waals surface area contributed by atoms with Gasteiger partial charge in [-0.2, -0.15) is 0 Å². The lowest BCUT2D eigenvalue weighted by molar-refractivity contribution is 0.0601. The van der Waals surface area contributed by atoms with Crippen LogP contribution in [0.1, 0.15) is 50.3 Å². The van der Waals surface area contributed by atoms with Crippen molar-refractivity contribution in [2.75, 3.05) is 12.4 Å². The summed E-state index contributed by atoms with van der Waals surface area (Å²) in [6.07, 6.45) is 2.74. The first kappa shape index (κ1) is 19.4. The third kappa shape index (κ3) is 3.58. The first-order chi connectivity index (χ1) is 14.0. The van der Waals surface area contributed by atoms with Crippen LogP contribution in [0.4, 0.5) is 5.00 Å². The predicted octanol–water partition coefficient (Wildman–Crippen LogP) is 4.88. The van der Waals surface area contributed by atoms with Crippen LogP contribution in [0.25, 0.3) is 11.3 Å². The number of hydrogen-bond donors (Lipinski definition) is 1. The van der Waals surface area contributed by atoms with Crippen molar-refractivity contribution >= 4 is 28.2 Å². The first-order valence-corrected chi connectivity index (χ1v) is 10.4. The van der Waals surface area contributed by atoms with E-state index in [1.54, 1.807) is 6.92 Å². The van der Waals surface area contributed by atoms with E-state index in [1.165, 1.54) is 18.4 Å². The molecule has 1 N–H and O–H groups in total. The number of methoxy groups -OCH3 is 1. The van der Waals surface area contributed by atoms with Gasteiger partial charge in [-0.1, -0.05) is 42.4 Å². The van der Waals surface area contributed by atoms with Crippen molar-refractivity contribution < 1.29 is 18.8 Å². The zero-order chi connectivity index (χ0) is 20.5. The number of carbonyl (C=O) groups excluding carboxylic acids is 2. The van der Waals surface area contributed by atoms with Gasteiger partial charge in [0.1, 0.15) is 22.0 Å². The molecule has 2 heterocycles. The number of amides is 1. The smallest absolute Gasteiger partial charge is 0.341 e. The van der Waals surface area contributed by atoms with E-state index in [1.807, 2.05) is 30.3 Å². The van der Waals surface area contributed by atoms with E-state index in [-0.39, 0.29) is 5.91 Å². The number of esters is 1. The molecule has 1 aliphatic carbocycles. The van der Waals surface area contributed by atoms with Gasteiger partial charge < -0.3 is 14.6 Å². The molecule has 1 atom stereocenters. The number of nitrogens with zero attached hydrogens (tertiary/aromatic N) is 1. The lowest BCUT2D eigenvalue weighted by atomic mass is 9.88. The Bertz CT molecular complexity index is 1070. The summed E-state index contributed by atoms with van der Waals surface area (Å²) in [7, 11) is 1.36. The lowest BCUT2D eigenvalue weighted by Gasteiger charge is -2.18. The fourth-order valence-electron chi connectivity index (χ4n) is 3.76. The summed E-state index contributed by atoms with van der Waals surface area (Å²) in [5, 5.41) is 7.53. The predicted molar refractivity (Wildman–Crippen MR) is 111 cm³/mol. The summed E-state index contributed by atoms with van der Waals surface area (Å²) in [6.45, 7) is 3.90. The highest BCUT2D eigenvalue weighted by Crippen LogP contribution is 2.40. The number of anilines is 1. The second kappa shape index (κ2) is 7.83. The Hall–Kier alpha value is -2.93. The van der Waals surface area contributed by atoms with Crippen molar-refractivity contribution in [3.63, 3.8) is 0 Å². The molecule has 1 amide bonds.